The largest absolute Gasteiger partial charge is 0.472 e. The predicted molar refractivity (Wildman–Crippen MR) is 381 cm³/mol. The predicted octanol–water partition coefficient (Wildman–Crippen LogP) is 21.8. The number of rotatable bonds is 73. The molecule has 6 atom stereocenters. The maximum atomic E-state index is 13.1. The molecule has 0 fully saturated rings. The van der Waals surface area contributed by atoms with Gasteiger partial charge < -0.3 is 33.8 Å². The van der Waals surface area contributed by atoms with Gasteiger partial charge in [0.15, 0.2) is 12.2 Å². The monoisotopic (exact) mass is 1380 g/mol. The second kappa shape index (κ2) is 65.7. The Labute approximate surface area is 575 Å². The fraction of sp³-hybridized carbons (Fsp3) is 0.947. The molecule has 0 bridgehead atoms. The number of carbonyl (C=O) groups is 4. The van der Waals surface area contributed by atoms with Crippen molar-refractivity contribution in [3.8, 4) is 0 Å². The Morgan fingerprint density at radius 1 is 0.309 bits per heavy atom. The molecule has 0 heterocycles. The third-order valence-electron chi connectivity index (χ3n) is 17.7. The highest BCUT2D eigenvalue weighted by Crippen LogP contribution is 2.45. The Hall–Kier alpha value is -1.94. The van der Waals surface area contributed by atoms with Gasteiger partial charge in [0.1, 0.15) is 19.3 Å². The van der Waals surface area contributed by atoms with E-state index in [0.29, 0.717) is 25.7 Å². The molecular weight excluding hydrogens is 1230 g/mol. The average Bonchev–Trinajstić information content (AvgIpc) is 2.10. The second-order valence-corrected chi connectivity index (χ2v) is 31.1. The van der Waals surface area contributed by atoms with Crippen LogP contribution in [0.4, 0.5) is 0 Å². The van der Waals surface area contributed by atoms with Gasteiger partial charge in [0.2, 0.25) is 0 Å². The van der Waals surface area contributed by atoms with Gasteiger partial charge in [0.25, 0.3) is 0 Å². The van der Waals surface area contributed by atoms with Gasteiger partial charge in [0.05, 0.1) is 26.4 Å². The van der Waals surface area contributed by atoms with E-state index in [2.05, 4.69) is 48.5 Å². The molecule has 0 saturated heterocycles. The third kappa shape index (κ3) is 67.3. The van der Waals surface area contributed by atoms with E-state index >= 15 is 0 Å². The Morgan fingerprint density at radius 3 is 0.809 bits per heavy atom. The summed E-state index contributed by atoms with van der Waals surface area (Å²) in [4.78, 5) is 72.8. The number of aliphatic hydroxyl groups excluding tert-OH is 1. The van der Waals surface area contributed by atoms with Crippen molar-refractivity contribution in [2.75, 3.05) is 39.6 Å². The van der Waals surface area contributed by atoms with Crippen LogP contribution in [0.5, 0.6) is 0 Å². The summed E-state index contributed by atoms with van der Waals surface area (Å²) >= 11 is 0. The highest BCUT2D eigenvalue weighted by molar-refractivity contribution is 7.47. The standard InChI is InChI=1S/C75H146O17P2/c1-8-10-11-12-13-14-28-35-42-49-56-72(77)85-62-70(92-75(80)59-52-45-38-31-23-21-26-33-40-47-54-67(5)6)64-89-93(81,82)87-60-69(76)61-88-94(83,84)90-65-71(63-86-73(78)57-50-43-36-29-24-22-27-34-41-48-55-68(7)9-2)91-74(79)58-51-44-37-30-20-18-16-15-17-19-25-32-39-46-53-66(3)4/h66-71,76H,8-65H2,1-7H3,(H,81,82)(H,83,84)/t68?,69-,70+,71+/m0/s1. The lowest BCUT2D eigenvalue weighted by molar-refractivity contribution is -0.161. The summed E-state index contributed by atoms with van der Waals surface area (Å²) in [5.74, 6) is 0.238. The maximum absolute atomic E-state index is 13.1. The zero-order valence-electron chi connectivity index (χ0n) is 61.4. The molecule has 0 aromatic carbocycles. The number of carbonyl (C=O) groups excluding carboxylic acids is 4. The van der Waals surface area contributed by atoms with Crippen molar-refractivity contribution in [3.05, 3.63) is 0 Å². The van der Waals surface area contributed by atoms with Crippen LogP contribution in [0.3, 0.4) is 0 Å². The van der Waals surface area contributed by atoms with Crippen molar-refractivity contribution >= 4 is 39.5 Å². The molecule has 0 spiro atoms. The number of ether oxygens (including phenoxy) is 4. The molecule has 19 heteroatoms. The van der Waals surface area contributed by atoms with E-state index in [0.717, 1.165) is 108 Å². The Kier molecular flexibility index (Phi) is 64.3. The quantitative estimate of drug-likeness (QED) is 0.0222. The molecule has 0 aliphatic rings. The summed E-state index contributed by atoms with van der Waals surface area (Å²) in [6.45, 7) is 11.9. The normalized spacial score (nSPS) is 14.4. The minimum atomic E-state index is -4.96. The zero-order chi connectivity index (χ0) is 69.4. The lowest BCUT2D eigenvalue weighted by Crippen LogP contribution is -2.30. The van der Waals surface area contributed by atoms with Crippen LogP contribution in [0.25, 0.3) is 0 Å². The fourth-order valence-electron chi connectivity index (χ4n) is 11.4. The molecule has 0 aliphatic heterocycles. The van der Waals surface area contributed by atoms with Crippen LogP contribution in [-0.2, 0) is 65.4 Å². The summed E-state index contributed by atoms with van der Waals surface area (Å²) in [6, 6.07) is 0. The summed E-state index contributed by atoms with van der Waals surface area (Å²) in [5, 5.41) is 10.6. The van der Waals surface area contributed by atoms with Gasteiger partial charge in [-0.05, 0) is 43.4 Å². The molecule has 0 aliphatic carbocycles. The van der Waals surface area contributed by atoms with Crippen LogP contribution in [-0.4, -0.2) is 96.7 Å². The number of hydrogen-bond acceptors (Lipinski definition) is 15. The number of hydrogen-bond donors (Lipinski definition) is 3. The zero-order valence-corrected chi connectivity index (χ0v) is 63.2. The van der Waals surface area contributed by atoms with Crippen LogP contribution in [0.15, 0.2) is 0 Å². The summed E-state index contributed by atoms with van der Waals surface area (Å²) in [5.41, 5.74) is 0. The van der Waals surface area contributed by atoms with Gasteiger partial charge in [0, 0.05) is 25.7 Å². The number of aliphatic hydroxyl groups is 1. The first-order valence-corrected chi connectivity index (χ1v) is 41.9. The van der Waals surface area contributed by atoms with Crippen LogP contribution in [0, 0.1) is 17.8 Å². The SMILES string of the molecule is CCCCCCCCCCCCC(=O)OC[C@H](COP(=O)(O)OC[C@H](O)COP(=O)(O)OC[C@@H](COC(=O)CCCCCCCCCCCCC(C)CC)OC(=O)CCCCCCCCCCCCCCCCC(C)C)OC(=O)CCCCCCCCCCCCC(C)C. The van der Waals surface area contributed by atoms with Crippen LogP contribution < -0.4 is 0 Å². The number of esters is 4. The van der Waals surface area contributed by atoms with E-state index < -0.39 is 97.5 Å². The van der Waals surface area contributed by atoms with Gasteiger partial charge in [-0.3, -0.25) is 37.3 Å². The minimum absolute atomic E-state index is 0.106. The molecule has 0 radical (unpaired) electrons. The summed E-state index contributed by atoms with van der Waals surface area (Å²) in [6.07, 6.45) is 51.2. The molecule has 94 heavy (non-hydrogen) atoms. The van der Waals surface area contributed by atoms with E-state index in [4.69, 9.17) is 37.0 Å². The van der Waals surface area contributed by atoms with Crippen LogP contribution in [0.2, 0.25) is 0 Å². The molecule has 0 amide bonds. The van der Waals surface area contributed by atoms with Crippen molar-refractivity contribution in [1.82, 2.24) is 0 Å². The molecular formula is C75H146O17P2. The van der Waals surface area contributed by atoms with Crippen molar-refractivity contribution in [2.45, 2.75) is 401 Å². The molecule has 3 N–H and O–H groups in total. The molecule has 17 nitrogen and oxygen atoms in total. The molecule has 3 unspecified atom stereocenters. The average molecular weight is 1380 g/mol. The highest BCUT2D eigenvalue weighted by Gasteiger charge is 2.30. The smallest absolute Gasteiger partial charge is 0.462 e. The first kappa shape index (κ1) is 92.1. The van der Waals surface area contributed by atoms with E-state index in [9.17, 15) is 43.2 Å². The van der Waals surface area contributed by atoms with Crippen molar-refractivity contribution in [1.29, 1.82) is 0 Å². The fourth-order valence-corrected chi connectivity index (χ4v) is 13.0. The third-order valence-corrected chi connectivity index (χ3v) is 19.6. The number of unbranched alkanes of at least 4 members (excludes halogenated alkanes) is 40. The maximum Gasteiger partial charge on any atom is 0.472 e. The summed E-state index contributed by atoms with van der Waals surface area (Å²) in [7, 11) is -9.91. The van der Waals surface area contributed by atoms with Gasteiger partial charge in [-0.2, -0.15) is 0 Å². The summed E-state index contributed by atoms with van der Waals surface area (Å²) < 4.78 is 68.5. The van der Waals surface area contributed by atoms with Crippen LogP contribution >= 0.6 is 15.6 Å². The van der Waals surface area contributed by atoms with Crippen LogP contribution in [0.1, 0.15) is 382 Å². The van der Waals surface area contributed by atoms with E-state index in [1.807, 2.05) is 0 Å². The van der Waals surface area contributed by atoms with Crippen molar-refractivity contribution in [3.63, 3.8) is 0 Å². The van der Waals surface area contributed by atoms with Gasteiger partial charge in [-0.25, -0.2) is 9.13 Å². The number of phosphoric ester groups is 2. The molecule has 558 valence electrons. The molecule has 0 aromatic rings. The minimum Gasteiger partial charge on any atom is -0.462 e. The van der Waals surface area contributed by atoms with Gasteiger partial charge in [-0.15, -0.1) is 0 Å². The number of phosphoric acid groups is 2. The van der Waals surface area contributed by atoms with Crippen molar-refractivity contribution < 1.29 is 80.2 Å². The topological polar surface area (TPSA) is 237 Å². The Bertz CT molecular complexity index is 1840. The molecule has 0 rings (SSSR count). The van der Waals surface area contributed by atoms with Crippen molar-refractivity contribution in [2.24, 2.45) is 17.8 Å². The lowest BCUT2D eigenvalue weighted by Gasteiger charge is -2.21. The molecule has 0 aromatic heterocycles. The van der Waals surface area contributed by atoms with E-state index in [1.54, 1.807) is 0 Å². The highest BCUT2D eigenvalue weighted by atomic mass is 31.2. The van der Waals surface area contributed by atoms with E-state index in [-0.39, 0.29) is 25.7 Å². The van der Waals surface area contributed by atoms with E-state index in [1.165, 1.54) is 193 Å². The van der Waals surface area contributed by atoms with Gasteiger partial charge >= 0.3 is 39.5 Å². The first-order valence-electron chi connectivity index (χ1n) is 38.9. The first-order chi connectivity index (χ1) is 45.3. The molecule has 0 saturated carbocycles. The Morgan fingerprint density at radius 2 is 0.543 bits per heavy atom. The second-order valence-electron chi connectivity index (χ2n) is 28.2. The Balaban J connectivity index is 5.26. The van der Waals surface area contributed by atoms with Gasteiger partial charge in [-0.1, -0.05) is 331 Å². The lowest BCUT2D eigenvalue weighted by atomic mass is 9.99.